The van der Waals surface area contributed by atoms with Crippen LogP contribution in [-0.4, -0.2) is 38.8 Å². The highest BCUT2D eigenvalue weighted by Gasteiger charge is 2.22. The molecule has 0 bridgehead atoms. The van der Waals surface area contributed by atoms with E-state index in [1.807, 2.05) is 39.0 Å². The van der Waals surface area contributed by atoms with E-state index in [0.717, 1.165) is 11.1 Å². The van der Waals surface area contributed by atoms with Crippen molar-refractivity contribution in [2.24, 2.45) is 0 Å². The second kappa shape index (κ2) is 8.37. The molecule has 1 unspecified atom stereocenters. The molecule has 1 rings (SSSR count). The number of methoxy groups -OCH3 is 1. The van der Waals surface area contributed by atoms with E-state index < -0.39 is 5.60 Å². The number of hydrogen-bond donors (Lipinski definition) is 1. The summed E-state index contributed by atoms with van der Waals surface area (Å²) in [5.74, 6) is 0.128. The lowest BCUT2D eigenvalue weighted by atomic mass is 9.92. The summed E-state index contributed by atoms with van der Waals surface area (Å²) in [5.41, 5.74) is 1.76. The van der Waals surface area contributed by atoms with Gasteiger partial charge in [0.15, 0.2) is 0 Å². The molecule has 0 saturated carbocycles. The van der Waals surface area contributed by atoms with E-state index >= 15 is 0 Å². The molecule has 0 aliphatic heterocycles. The molecule has 0 aliphatic carbocycles. The van der Waals surface area contributed by atoms with Crippen LogP contribution in [-0.2, 0) is 19.8 Å². The first-order chi connectivity index (χ1) is 9.51. The molecular formula is C16H26O4. The monoisotopic (exact) mass is 282 g/mol. The molecule has 0 aliphatic rings. The minimum atomic E-state index is -0.432. The standard InChI is InChI=1S/C16H26O4/c1-13(11-17)14-6-5-7-15(10-14)16(2,3)20-12-19-9-8-18-4/h5-7,10,13,17H,8-9,11-12H2,1-4H3. The van der Waals surface area contributed by atoms with E-state index in [-0.39, 0.29) is 19.3 Å². The molecule has 114 valence electrons. The zero-order valence-corrected chi connectivity index (χ0v) is 12.9. The lowest BCUT2D eigenvalue weighted by Crippen LogP contribution is -2.24. The lowest BCUT2D eigenvalue weighted by molar-refractivity contribution is -0.136. The predicted octanol–water partition coefficient (Wildman–Crippen LogP) is 2.65. The van der Waals surface area contributed by atoms with Crippen LogP contribution in [0.25, 0.3) is 0 Å². The molecule has 1 atom stereocenters. The predicted molar refractivity (Wildman–Crippen MR) is 78.7 cm³/mol. The van der Waals surface area contributed by atoms with Crippen molar-refractivity contribution in [3.63, 3.8) is 0 Å². The van der Waals surface area contributed by atoms with E-state index in [2.05, 4.69) is 6.07 Å². The molecule has 4 heteroatoms. The van der Waals surface area contributed by atoms with Gasteiger partial charge in [0.25, 0.3) is 0 Å². The van der Waals surface area contributed by atoms with Crippen LogP contribution in [0.3, 0.4) is 0 Å². The fourth-order valence-corrected chi connectivity index (χ4v) is 1.80. The number of aliphatic hydroxyl groups is 1. The average molecular weight is 282 g/mol. The topological polar surface area (TPSA) is 47.9 Å². The van der Waals surface area contributed by atoms with Gasteiger partial charge >= 0.3 is 0 Å². The van der Waals surface area contributed by atoms with Gasteiger partial charge in [-0.1, -0.05) is 31.2 Å². The van der Waals surface area contributed by atoms with Crippen molar-refractivity contribution in [3.05, 3.63) is 35.4 Å². The molecule has 0 amide bonds. The molecule has 4 nitrogen and oxygen atoms in total. The first-order valence-corrected chi connectivity index (χ1v) is 6.93. The first-order valence-electron chi connectivity index (χ1n) is 6.93. The van der Waals surface area contributed by atoms with Crippen LogP contribution in [0.2, 0.25) is 0 Å². The third-order valence-corrected chi connectivity index (χ3v) is 3.36. The van der Waals surface area contributed by atoms with Crippen molar-refractivity contribution >= 4 is 0 Å². The van der Waals surface area contributed by atoms with Crippen LogP contribution in [0.15, 0.2) is 24.3 Å². The molecule has 0 saturated heterocycles. The molecule has 0 spiro atoms. The number of benzene rings is 1. The molecule has 1 N–H and O–H groups in total. The Hall–Kier alpha value is -0.940. The number of ether oxygens (including phenoxy) is 3. The second-order valence-corrected chi connectivity index (χ2v) is 5.38. The van der Waals surface area contributed by atoms with Gasteiger partial charge < -0.3 is 19.3 Å². The van der Waals surface area contributed by atoms with Crippen molar-refractivity contribution in [2.75, 3.05) is 33.7 Å². The van der Waals surface area contributed by atoms with Gasteiger partial charge in [0.05, 0.1) is 18.8 Å². The van der Waals surface area contributed by atoms with Gasteiger partial charge in [-0.05, 0) is 25.0 Å². The largest absolute Gasteiger partial charge is 0.396 e. The third-order valence-electron chi connectivity index (χ3n) is 3.36. The smallest absolute Gasteiger partial charge is 0.148 e. The van der Waals surface area contributed by atoms with Crippen LogP contribution in [0.4, 0.5) is 0 Å². The average Bonchev–Trinajstić information content (AvgIpc) is 2.46. The molecular weight excluding hydrogens is 256 g/mol. The van der Waals surface area contributed by atoms with E-state index in [4.69, 9.17) is 14.2 Å². The molecule has 1 aromatic rings. The van der Waals surface area contributed by atoms with Crippen LogP contribution in [0.1, 0.15) is 37.8 Å². The fourth-order valence-electron chi connectivity index (χ4n) is 1.80. The van der Waals surface area contributed by atoms with Gasteiger partial charge in [0.2, 0.25) is 0 Å². The number of rotatable bonds is 9. The Morgan fingerprint density at radius 1 is 1.25 bits per heavy atom. The normalized spacial score (nSPS) is 13.4. The summed E-state index contributed by atoms with van der Waals surface area (Å²) in [6.45, 7) is 7.48. The van der Waals surface area contributed by atoms with Gasteiger partial charge in [-0.15, -0.1) is 0 Å². The Labute approximate surface area is 121 Å². The van der Waals surface area contributed by atoms with Crippen molar-refractivity contribution in [3.8, 4) is 0 Å². The SMILES string of the molecule is COCCOCOC(C)(C)c1cccc(C(C)CO)c1. The van der Waals surface area contributed by atoms with E-state index in [1.54, 1.807) is 7.11 Å². The van der Waals surface area contributed by atoms with Crippen LogP contribution in [0.5, 0.6) is 0 Å². The molecule has 1 aromatic carbocycles. The van der Waals surface area contributed by atoms with Crippen LogP contribution < -0.4 is 0 Å². The minimum Gasteiger partial charge on any atom is -0.396 e. The van der Waals surface area contributed by atoms with Gasteiger partial charge in [-0.2, -0.15) is 0 Å². The zero-order chi connectivity index (χ0) is 15.0. The van der Waals surface area contributed by atoms with Crippen molar-refractivity contribution in [2.45, 2.75) is 32.3 Å². The molecule has 20 heavy (non-hydrogen) atoms. The molecule has 0 aromatic heterocycles. The first kappa shape index (κ1) is 17.1. The van der Waals surface area contributed by atoms with Crippen molar-refractivity contribution in [1.82, 2.24) is 0 Å². The maximum atomic E-state index is 9.24. The highest BCUT2D eigenvalue weighted by molar-refractivity contribution is 5.29. The summed E-state index contributed by atoms with van der Waals surface area (Å²) in [7, 11) is 1.64. The van der Waals surface area contributed by atoms with E-state index in [9.17, 15) is 5.11 Å². The minimum absolute atomic E-state index is 0.128. The Kier molecular flexibility index (Phi) is 7.16. The lowest BCUT2D eigenvalue weighted by Gasteiger charge is -2.26. The Morgan fingerprint density at radius 2 is 2.00 bits per heavy atom. The van der Waals surface area contributed by atoms with Crippen LogP contribution >= 0.6 is 0 Å². The van der Waals surface area contributed by atoms with Gasteiger partial charge in [0, 0.05) is 19.6 Å². The maximum absolute atomic E-state index is 9.24. The van der Waals surface area contributed by atoms with Crippen molar-refractivity contribution in [1.29, 1.82) is 0 Å². The highest BCUT2D eigenvalue weighted by Crippen LogP contribution is 2.27. The number of aliphatic hydroxyl groups excluding tert-OH is 1. The summed E-state index contributed by atoms with van der Waals surface area (Å²) in [6.07, 6.45) is 0. The summed E-state index contributed by atoms with van der Waals surface area (Å²) in [6, 6.07) is 8.13. The summed E-state index contributed by atoms with van der Waals surface area (Å²) < 4.78 is 16.0. The van der Waals surface area contributed by atoms with Gasteiger partial charge in [0.1, 0.15) is 6.79 Å². The Bertz CT molecular complexity index is 390. The summed E-state index contributed by atoms with van der Waals surface area (Å²) in [4.78, 5) is 0. The summed E-state index contributed by atoms with van der Waals surface area (Å²) in [5, 5.41) is 9.24. The van der Waals surface area contributed by atoms with Gasteiger partial charge in [-0.3, -0.25) is 0 Å². The quantitative estimate of drug-likeness (QED) is 0.559. The number of hydrogen-bond acceptors (Lipinski definition) is 4. The zero-order valence-electron chi connectivity index (χ0n) is 12.9. The van der Waals surface area contributed by atoms with Crippen molar-refractivity contribution < 1.29 is 19.3 Å². The summed E-state index contributed by atoms with van der Waals surface area (Å²) >= 11 is 0. The van der Waals surface area contributed by atoms with Gasteiger partial charge in [-0.25, -0.2) is 0 Å². The molecule has 0 fully saturated rings. The highest BCUT2D eigenvalue weighted by atomic mass is 16.7. The Balaban J connectivity index is 2.62. The van der Waals surface area contributed by atoms with Crippen LogP contribution in [0, 0.1) is 0 Å². The third kappa shape index (κ3) is 5.21. The fraction of sp³-hybridized carbons (Fsp3) is 0.625. The maximum Gasteiger partial charge on any atom is 0.148 e. The molecule has 0 radical (unpaired) electrons. The molecule has 0 heterocycles. The Morgan fingerprint density at radius 3 is 2.65 bits per heavy atom. The second-order valence-electron chi connectivity index (χ2n) is 5.38. The van der Waals surface area contributed by atoms with E-state index in [0.29, 0.717) is 13.2 Å². The van der Waals surface area contributed by atoms with E-state index in [1.165, 1.54) is 0 Å².